The van der Waals surface area contributed by atoms with Gasteiger partial charge in [-0.3, -0.25) is 0 Å². The molecule has 0 radical (unpaired) electrons. The summed E-state index contributed by atoms with van der Waals surface area (Å²) in [5.74, 6) is 0.676. The van der Waals surface area contributed by atoms with Crippen LogP contribution in [0.5, 0.6) is 0 Å². The molecule has 58 valence electrons. The molecule has 0 aliphatic heterocycles. The van der Waals surface area contributed by atoms with Crippen LogP contribution >= 0.6 is 0 Å². The number of hydrogen-bond donors (Lipinski definition) is 0. The Morgan fingerprint density at radius 3 is 2.00 bits per heavy atom. The highest BCUT2D eigenvalue weighted by Gasteiger charge is 1.94. The van der Waals surface area contributed by atoms with E-state index in [0.717, 1.165) is 0 Å². The van der Waals surface area contributed by atoms with E-state index >= 15 is 0 Å². The van der Waals surface area contributed by atoms with Crippen molar-refractivity contribution in [3.8, 4) is 0 Å². The van der Waals surface area contributed by atoms with Crippen molar-refractivity contribution in [1.29, 1.82) is 0 Å². The van der Waals surface area contributed by atoms with E-state index in [-0.39, 0.29) is 0 Å². The van der Waals surface area contributed by atoms with E-state index in [1.54, 1.807) is 0 Å². The van der Waals surface area contributed by atoms with Gasteiger partial charge in [0, 0.05) is 0 Å². The van der Waals surface area contributed by atoms with Crippen LogP contribution in [0.3, 0.4) is 0 Å². The van der Waals surface area contributed by atoms with Crippen LogP contribution in [0.1, 0.15) is 34.6 Å². The fourth-order valence-electron chi connectivity index (χ4n) is 0.609. The third-order valence-corrected chi connectivity index (χ3v) is 1.82. The van der Waals surface area contributed by atoms with Crippen molar-refractivity contribution in [2.45, 2.75) is 34.6 Å². The first kappa shape index (κ1) is 9.48. The van der Waals surface area contributed by atoms with Crippen molar-refractivity contribution in [2.24, 2.45) is 5.92 Å². The predicted molar refractivity (Wildman–Crippen MR) is 48.0 cm³/mol. The zero-order valence-electron chi connectivity index (χ0n) is 7.73. The Kier molecular flexibility index (Phi) is 4.10. The van der Waals surface area contributed by atoms with Gasteiger partial charge in [0.15, 0.2) is 0 Å². The minimum atomic E-state index is 0.676. The lowest BCUT2D eigenvalue weighted by Gasteiger charge is -2.03. The highest BCUT2D eigenvalue weighted by Crippen LogP contribution is 2.10. The molecule has 0 aromatic rings. The summed E-state index contributed by atoms with van der Waals surface area (Å²) in [6.45, 7) is 10.8. The summed E-state index contributed by atoms with van der Waals surface area (Å²) in [6, 6.07) is 0. The van der Waals surface area contributed by atoms with Crippen molar-refractivity contribution >= 4 is 0 Å². The Labute approximate surface area is 64.6 Å². The normalized spacial score (nSPS) is 14.6. The summed E-state index contributed by atoms with van der Waals surface area (Å²) in [5, 5.41) is 0. The zero-order valence-corrected chi connectivity index (χ0v) is 7.73. The molecule has 0 saturated heterocycles. The van der Waals surface area contributed by atoms with Crippen molar-refractivity contribution in [3.05, 3.63) is 23.3 Å². The van der Waals surface area contributed by atoms with Crippen molar-refractivity contribution in [3.63, 3.8) is 0 Å². The molecule has 0 fully saturated rings. The first-order valence-corrected chi connectivity index (χ1v) is 3.89. The van der Waals surface area contributed by atoms with Gasteiger partial charge in [0.25, 0.3) is 0 Å². The van der Waals surface area contributed by atoms with Crippen LogP contribution in [0, 0.1) is 5.92 Å². The van der Waals surface area contributed by atoms with Gasteiger partial charge < -0.3 is 0 Å². The summed E-state index contributed by atoms with van der Waals surface area (Å²) < 4.78 is 0. The van der Waals surface area contributed by atoms with Gasteiger partial charge in [-0.15, -0.1) is 0 Å². The molecule has 0 rings (SSSR count). The molecule has 0 unspecified atom stereocenters. The summed E-state index contributed by atoms with van der Waals surface area (Å²) >= 11 is 0. The molecule has 0 saturated carbocycles. The Morgan fingerprint density at radius 2 is 1.70 bits per heavy atom. The summed E-state index contributed by atoms with van der Waals surface area (Å²) in [5.41, 5.74) is 2.81. The molecule has 0 aromatic carbocycles. The number of hydrogen-bond acceptors (Lipinski definition) is 0. The van der Waals surface area contributed by atoms with Gasteiger partial charge in [0.05, 0.1) is 0 Å². The maximum Gasteiger partial charge on any atom is -0.0260 e. The van der Waals surface area contributed by atoms with E-state index in [4.69, 9.17) is 0 Å². The zero-order chi connectivity index (χ0) is 8.15. The Bertz CT molecular complexity index is 147. The van der Waals surface area contributed by atoms with Crippen LogP contribution in [0.2, 0.25) is 0 Å². The highest BCUT2D eigenvalue weighted by molar-refractivity contribution is 5.20. The molecule has 0 aliphatic rings. The molecule has 0 aliphatic carbocycles. The fraction of sp³-hybridized carbons (Fsp3) is 0.600. The third kappa shape index (κ3) is 3.49. The van der Waals surface area contributed by atoms with Crippen LogP contribution in [0.25, 0.3) is 0 Å². The SMILES string of the molecule is C/C=C(C)\C=C(/C)C(C)C. The van der Waals surface area contributed by atoms with Gasteiger partial charge in [-0.25, -0.2) is 0 Å². The van der Waals surface area contributed by atoms with Gasteiger partial charge in [0.2, 0.25) is 0 Å². The highest BCUT2D eigenvalue weighted by atomic mass is 14.0. The lowest BCUT2D eigenvalue weighted by atomic mass is 10.0. The van der Waals surface area contributed by atoms with Gasteiger partial charge in [-0.1, -0.05) is 37.1 Å². The first-order valence-electron chi connectivity index (χ1n) is 3.89. The average Bonchev–Trinajstić information content (AvgIpc) is 1.87. The molecule has 0 heteroatoms. The van der Waals surface area contributed by atoms with Crippen molar-refractivity contribution in [1.82, 2.24) is 0 Å². The lowest BCUT2D eigenvalue weighted by molar-refractivity contribution is 0.768. The van der Waals surface area contributed by atoms with Gasteiger partial charge in [-0.2, -0.15) is 0 Å². The smallest absolute Gasteiger partial charge is 0.0260 e. The largest absolute Gasteiger partial charge is 0.0847 e. The second-order valence-corrected chi connectivity index (χ2v) is 3.08. The third-order valence-electron chi connectivity index (χ3n) is 1.82. The van der Waals surface area contributed by atoms with E-state index in [2.05, 4.69) is 46.8 Å². The fourth-order valence-corrected chi connectivity index (χ4v) is 0.609. The van der Waals surface area contributed by atoms with E-state index in [0.29, 0.717) is 5.92 Å². The van der Waals surface area contributed by atoms with Gasteiger partial charge in [-0.05, 0) is 26.7 Å². The predicted octanol–water partition coefficient (Wildman–Crippen LogP) is 3.55. The molecule has 0 atom stereocenters. The van der Waals surface area contributed by atoms with E-state index in [9.17, 15) is 0 Å². The average molecular weight is 138 g/mol. The molecular formula is C10H18. The van der Waals surface area contributed by atoms with Crippen molar-refractivity contribution in [2.75, 3.05) is 0 Å². The standard InChI is InChI=1S/C10H18/c1-6-9(4)7-10(5)8(2)3/h6-8H,1-5H3/b9-6-,10-7+. The number of allylic oxidation sites excluding steroid dienone is 4. The Morgan fingerprint density at radius 1 is 1.20 bits per heavy atom. The monoisotopic (exact) mass is 138 g/mol. The van der Waals surface area contributed by atoms with Gasteiger partial charge >= 0.3 is 0 Å². The molecule has 0 N–H and O–H groups in total. The summed E-state index contributed by atoms with van der Waals surface area (Å²) in [6.07, 6.45) is 4.37. The second kappa shape index (κ2) is 4.32. The topological polar surface area (TPSA) is 0 Å². The first-order chi connectivity index (χ1) is 4.57. The molecule has 0 nitrogen and oxygen atoms in total. The number of rotatable bonds is 2. The van der Waals surface area contributed by atoms with Crippen LogP contribution in [-0.4, -0.2) is 0 Å². The van der Waals surface area contributed by atoms with E-state index in [1.807, 2.05) is 0 Å². The molecule has 0 heterocycles. The van der Waals surface area contributed by atoms with Crippen LogP contribution in [0.15, 0.2) is 23.3 Å². The maximum absolute atomic E-state index is 2.24. The molecule has 10 heavy (non-hydrogen) atoms. The van der Waals surface area contributed by atoms with Crippen LogP contribution in [0.4, 0.5) is 0 Å². The van der Waals surface area contributed by atoms with E-state index in [1.165, 1.54) is 11.1 Å². The Hall–Kier alpha value is -0.520. The second-order valence-electron chi connectivity index (χ2n) is 3.08. The van der Waals surface area contributed by atoms with Gasteiger partial charge in [0.1, 0.15) is 0 Å². The van der Waals surface area contributed by atoms with Crippen LogP contribution < -0.4 is 0 Å². The Balaban J connectivity index is 4.17. The van der Waals surface area contributed by atoms with Crippen LogP contribution in [-0.2, 0) is 0 Å². The lowest BCUT2D eigenvalue weighted by Crippen LogP contribution is -1.88. The molecule has 0 bridgehead atoms. The van der Waals surface area contributed by atoms with Crippen molar-refractivity contribution < 1.29 is 0 Å². The minimum absolute atomic E-state index is 0.676. The van der Waals surface area contributed by atoms with E-state index < -0.39 is 0 Å². The molecule has 0 aromatic heterocycles. The molecule has 0 amide bonds. The maximum atomic E-state index is 2.24. The minimum Gasteiger partial charge on any atom is -0.0847 e. The quantitative estimate of drug-likeness (QED) is 0.512. The molecule has 0 spiro atoms. The summed E-state index contributed by atoms with van der Waals surface area (Å²) in [4.78, 5) is 0. The molecular weight excluding hydrogens is 120 g/mol. The summed E-state index contributed by atoms with van der Waals surface area (Å²) in [7, 11) is 0.